The molecule has 166 valence electrons. The highest BCUT2D eigenvalue weighted by Gasteiger charge is 2.22. The summed E-state index contributed by atoms with van der Waals surface area (Å²) in [4.78, 5) is 11.6. The van der Waals surface area contributed by atoms with Crippen molar-refractivity contribution in [2.45, 2.75) is 38.8 Å². The Balaban J connectivity index is 0.00000320. The second-order valence-corrected chi connectivity index (χ2v) is 7.08. The van der Waals surface area contributed by atoms with Crippen LogP contribution < -0.4 is 5.32 Å². The van der Waals surface area contributed by atoms with Gasteiger partial charge in [0, 0.05) is 45.5 Å². The van der Waals surface area contributed by atoms with E-state index in [0.29, 0.717) is 18.5 Å². The smallest absolute Gasteiger partial charge is 0.226 e. The SMILES string of the molecule is CCNC(=NCc1coc(-c2ccccc2)n1)N1CCC(OCCCOC)CC1.I. The van der Waals surface area contributed by atoms with Gasteiger partial charge in [0.15, 0.2) is 5.96 Å². The lowest BCUT2D eigenvalue weighted by molar-refractivity contribution is 0.00990. The summed E-state index contributed by atoms with van der Waals surface area (Å²) >= 11 is 0. The molecule has 3 rings (SSSR count). The standard InChI is InChI=1S/C22H32N4O3.HI/c1-3-23-22(26-12-10-20(11-13-26)28-15-7-14-27-2)24-16-19-17-29-21(25-19)18-8-5-4-6-9-18;/h4-6,8-9,17,20H,3,7,10-16H2,1-2H3,(H,23,24);1H. The molecule has 0 atom stereocenters. The third-order valence-electron chi connectivity index (χ3n) is 4.89. The summed E-state index contributed by atoms with van der Waals surface area (Å²) in [5, 5.41) is 3.40. The largest absolute Gasteiger partial charge is 0.444 e. The Morgan fingerprint density at radius 1 is 1.23 bits per heavy atom. The van der Waals surface area contributed by atoms with Gasteiger partial charge in [0.05, 0.1) is 12.6 Å². The third kappa shape index (κ3) is 7.55. The quantitative estimate of drug-likeness (QED) is 0.230. The molecule has 0 aliphatic carbocycles. The normalized spacial score (nSPS) is 15.1. The molecule has 0 saturated carbocycles. The van der Waals surface area contributed by atoms with E-state index in [0.717, 1.165) is 69.3 Å². The zero-order valence-corrected chi connectivity index (χ0v) is 20.2. The van der Waals surface area contributed by atoms with Crippen LogP contribution in [0.2, 0.25) is 0 Å². The van der Waals surface area contributed by atoms with Crippen molar-refractivity contribution in [3.63, 3.8) is 0 Å². The Hall–Kier alpha value is -1.65. The fourth-order valence-corrected chi connectivity index (χ4v) is 3.36. The van der Waals surface area contributed by atoms with Gasteiger partial charge in [0.2, 0.25) is 5.89 Å². The summed E-state index contributed by atoms with van der Waals surface area (Å²) in [6, 6.07) is 9.92. The number of piperidine rings is 1. The lowest BCUT2D eigenvalue weighted by Gasteiger charge is -2.34. The number of hydrogen-bond acceptors (Lipinski definition) is 5. The van der Waals surface area contributed by atoms with E-state index in [1.165, 1.54) is 0 Å². The maximum absolute atomic E-state index is 5.96. The number of aliphatic imine (C=N–C) groups is 1. The molecule has 0 spiro atoms. The van der Waals surface area contributed by atoms with E-state index in [1.807, 2.05) is 30.3 Å². The highest BCUT2D eigenvalue weighted by atomic mass is 127. The van der Waals surface area contributed by atoms with Crippen molar-refractivity contribution in [1.82, 2.24) is 15.2 Å². The molecule has 8 heteroatoms. The average molecular weight is 528 g/mol. The first-order valence-electron chi connectivity index (χ1n) is 10.4. The monoisotopic (exact) mass is 528 g/mol. The molecule has 1 aliphatic rings. The van der Waals surface area contributed by atoms with E-state index >= 15 is 0 Å². The molecule has 1 aromatic carbocycles. The van der Waals surface area contributed by atoms with Gasteiger partial charge in [-0.1, -0.05) is 18.2 Å². The molecule has 1 N–H and O–H groups in total. The summed E-state index contributed by atoms with van der Waals surface area (Å²) in [5.74, 6) is 1.56. The number of ether oxygens (including phenoxy) is 2. The first-order chi connectivity index (χ1) is 14.3. The number of benzene rings is 1. The number of hydrogen-bond donors (Lipinski definition) is 1. The number of methoxy groups -OCH3 is 1. The number of oxazole rings is 1. The molecule has 2 aromatic rings. The molecule has 2 heterocycles. The van der Waals surface area contributed by atoms with E-state index in [9.17, 15) is 0 Å². The lowest BCUT2D eigenvalue weighted by Crippen LogP contribution is -2.47. The second-order valence-electron chi connectivity index (χ2n) is 7.08. The van der Waals surface area contributed by atoms with Crippen molar-refractivity contribution in [2.75, 3.05) is 40.0 Å². The van der Waals surface area contributed by atoms with Crippen LogP contribution in [0.1, 0.15) is 31.9 Å². The van der Waals surface area contributed by atoms with E-state index in [2.05, 4.69) is 22.1 Å². The molecule has 1 aromatic heterocycles. The summed E-state index contributed by atoms with van der Waals surface area (Å²) < 4.78 is 16.6. The highest BCUT2D eigenvalue weighted by Crippen LogP contribution is 2.19. The molecule has 0 bridgehead atoms. The summed E-state index contributed by atoms with van der Waals surface area (Å²) in [7, 11) is 1.72. The van der Waals surface area contributed by atoms with Gasteiger partial charge in [-0.3, -0.25) is 0 Å². The average Bonchev–Trinajstić information content (AvgIpc) is 3.24. The molecule has 7 nitrogen and oxygen atoms in total. The topological polar surface area (TPSA) is 72.1 Å². The van der Waals surface area contributed by atoms with Crippen molar-refractivity contribution in [1.29, 1.82) is 0 Å². The van der Waals surface area contributed by atoms with Gasteiger partial charge in [0.1, 0.15) is 12.0 Å². The number of nitrogens with one attached hydrogen (secondary N) is 1. The molecular formula is C22H33IN4O3. The number of likely N-dealkylation sites (tertiary alicyclic amines) is 1. The minimum absolute atomic E-state index is 0. The van der Waals surface area contributed by atoms with Gasteiger partial charge in [-0.25, -0.2) is 9.98 Å². The number of aromatic nitrogens is 1. The van der Waals surface area contributed by atoms with Crippen LogP contribution in [0.15, 0.2) is 46.0 Å². The molecule has 0 amide bonds. The van der Waals surface area contributed by atoms with Gasteiger partial charge in [-0.2, -0.15) is 0 Å². The van der Waals surface area contributed by atoms with Crippen molar-refractivity contribution >= 4 is 29.9 Å². The zero-order valence-electron chi connectivity index (χ0n) is 17.9. The number of rotatable bonds is 9. The summed E-state index contributed by atoms with van der Waals surface area (Å²) in [6.45, 7) is 6.81. The van der Waals surface area contributed by atoms with Gasteiger partial charge >= 0.3 is 0 Å². The lowest BCUT2D eigenvalue weighted by atomic mass is 10.1. The van der Waals surface area contributed by atoms with Crippen LogP contribution in [0.3, 0.4) is 0 Å². The van der Waals surface area contributed by atoms with E-state index < -0.39 is 0 Å². The van der Waals surface area contributed by atoms with Crippen LogP contribution in [0.5, 0.6) is 0 Å². The van der Waals surface area contributed by atoms with E-state index in [4.69, 9.17) is 18.9 Å². The van der Waals surface area contributed by atoms with E-state index in [1.54, 1.807) is 13.4 Å². The molecular weight excluding hydrogens is 495 g/mol. The number of halogens is 1. The Morgan fingerprint density at radius 2 is 2.00 bits per heavy atom. The Kier molecular flexibility index (Phi) is 11.2. The van der Waals surface area contributed by atoms with Gasteiger partial charge in [-0.15, -0.1) is 24.0 Å². The maximum atomic E-state index is 5.96. The Labute approximate surface area is 196 Å². The molecule has 30 heavy (non-hydrogen) atoms. The molecule has 0 unspecified atom stereocenters. The number of nitrogens with zero attached hydrogens (tertiary/aromatic N) is 3. The van der Waals surface area contributed by atoms with Crippen LogP contribution in [-0.4, -0.2) is 61.9 Å². The Bertz CT molecular complexity index is 746. The zero-order chi connectivity index (χ0) is 20.3. The first-order valence-corrected chi connectivity index (χ1v) is 10.4. The van der Waals surface area contributed by atoms with Gasteiger partial charge < -0.3 is 24.1 Å². The highest BCUT2D eigenvalue weighted by molar-refractivity contribution is 14.0. The van der Waals surface area contributed by atoms with Crippen LogP contribution >= 0.6 is 24.0 Å². The molecule has 1 fully saturated rings. The van der Waals surface area contributed by atoms with Crippen molar-refractivity contribution in [2.24, 2.45) is 4.99 Å². The molecule has 1 aliphatic heterocycles. The van der Waals surface area contributed by atoms with Crippen LogP contribution in [-0.2, 0) is 16.0 Å². The van der Waals surface area contributed by atoms with Crippen molar-refractivity contribution in [3.8, 4) is 11.5 Å². The first kappa shape index (κ1) is 24.6. The minimum atomic E-state index is 0. The van der Waals surface area contributed by atoms with Crippen LogP contribution in [0.4, 0.5) is 0 Å². The second kappa shape index (κ2) is 13.6. The fourth-order valence-electron chi connectivity index (χ4n) is 3.36. The molecule has 1 saturated heterocycles. The number of guanidine groups is 1. The van der Waals surface area contributed by atoms with Gasteiger partial charge in [0.25, 0.3) is 0 Å². The van der Waals surface area contributed by atoms with E-state index in [-0.39, 0.29) is 24.0 Å². The third-order valence-corrected chi connectivity index (χ3v) is 4.89. The predicted molar refractivity (Wildman–Crippen MR) is 129 cm³/mol. The maximum Gasteiger partial charge on any atom is 0.226 e. The summed E-state index contributed by atoms with van der Waals surface area (Å²) in [6.07, 6.45) is 4.99. The Morgan fingerprint density at radius 3 is 2.70 bits per heavy atom. The minimum Gasteiger partial charge on any atom is -0.444 e. The van der Waals surface area contributed by atoms with Gasteiger partial charge in [-0.05, 0) is 38.3 Å². The molecule has 0 radical (unpaired) electrons. The van der Waals surface area contributed by atoms with Crippen molar-refractivity contribution in [3.05, 3.63) is 42.3 Å². The fraction of sp³-hybridized carbons (Fsp3) is 0.545. The summed E-state index contributed by atoms with van der Waals surface area (Å²) in [5.41, 5.74) is 1.80. The van der Waals surface area contributed by atoms with Crippen LogP contribution in [0, 0.1) is 0 Å². The van der Waals surface area contributed by atoms with Crippen LogP contribution in [0.25, 0.3) is 11.5 Å². The van der Waals surface area contributed by atoms with Crippen molar-refractivity contribution < 1.29 is 13.9 Å². The predicted octanol–water partition coefficient (Wildman–Crippen LogP) is 3.94.